The maximum atomic E-state index is 11.1. The molecule has 0 aliphatic heterocycles. The van der Waals surface area contributed by atoms with Crippen LogP contribution in [0.1, 0.15) is 39.5 Å². The molecule has 0 radical (unpaired) electrons. The van der Waals surface area contributed by atoms with Gasteiger partial charge in [-0.05, 0) is 33.7 Å². The molecule has 0 aromatic rings. The van der Waals surface area contributed by atoms with Crippen LogP contribution >= 0.6 is 0 Å². The molecule has 0 spiro atoms. The maximum absolute atomic E-state index is 11.1. The van der Waals surface area contributed by atoms with Crippen molar-refractivity contribution in [3.63, 3.8) is 0 Å². The minimum Gasteiger partial charge on any atom is -0.481 e. The number of carboxylic acids is 1. The van der Waals surface area contributed by atoms with Crippen molar-refractivity contribution in [2.75, 3.05) is 7.05 Å². The first-order valence-electron chi connectivity index (χ1n) is 5.48. The third-order valence-electron chi connectivity index (χ3n) is 3.38. The van der Waals surface area contributed by atoms with Crippen molar-refractivity contribution in [2.45, 2.75) is 51.6 Å². The molecule has 2 unspecified atom stereocenters. The monoisotopic (exact) mass is 199 g/mol. The number of hydrogen-bond acceptors (Lipinski definition) is 2. The van der Waals surface area contributed by atoms with Crippen molar-refractivity contribution in [1.82, 2.24) is 4.90 Å². The number of hydrogen-bond donors (Lipinski definition) is 1. The highest BCUT2D eigenvalue weighted by Gasteiger charge is 2.33. The van der Waals surface area contributed by atoms with Gasteiger partial charge >= 0.3 is 5.97 Å². The topological polar surface area (TPSA) is 40.5 Å². The Morgan fingerprint density at radius 3 is 2.43 bits per heavy atom. The predicted molar refractivity (Wildman–Crippen MR) is 56.3 cm³/mol. The van der Waals surface area contributed by atoms with Gasteiger partial charge < -0.3 is 10.0 Å². The smallest absolute Gasteiger partial charge is 0.308 e. The van der Waals surface area contributed by atoms with Gasteiger partial charge in [0.15, 0.2) is 0 Å². The van der Waals surface area contributed by atoms with Crippen LogP contribution in [0.2, 0.25) is 0 Å². The van der Waals surface area contributed by atoms with Crippen LogP contribution in [0.5, 0.6) is 0 Å². The molecule has 0 heterocycles. The van der Waals surface area contributed by atoms with Crippen molar-refractivity contribution in [3.8, 4) is 0 Å². The third-order valence-corrected chi connectivity index (χ3v) is 3.38. The lowest BCUT2D eigenvalue weighted by Gasteiger charge is -2.38. The van der Waals surface area contributed by atoms with Crippen LogP contribution in [0.4, 0.5) is 0 Å². The summed E-state index contributed by atoms with van der Waals surface area (Å²) in [6, 6.07) is 0.668. The SMILES string of the molecule is CC(C)N(C)C1CCCCC1C(=O)O. The summed E-state index contributed by atoms with van der Waals surface area (Å²) in [6.45, 7) is 4.24. The van der Waals surface area contributed by atoms with Crippen LogP contribution in [0, 0.1) is 5.92 Å². The van der Waals surface area contributed by atoms with Gasteiger partial charge in [0.05, 0.1) is 5.92 Å². The number of carbonyl (C=O) groups is 1. The molecule has 3 heteroatoms. The van der Waals surface area contributed by atoms with E-state index >= 15 is 0 Å². The van der Waals surface area contributed by atoms with Crippen LogP contribution in [0.3, 0.4) is 0 Å². The van der Waals surface area contributed by atoms with Crippen molar-refractivity contribution in [3.05, 3.63) is 0 Å². The van der Waals surface area contributed by atoms with Crippen LogP contribution < -0.4 is 0 Å². The van der Waals surface area contributed by atoms with Gasteiger partial charge in [-0.25, -0.2) is 0 Å². The summed E-state index contributed by atoms with van der Waals surface area (Å²) in [7, 11) is 2.04. The normalized spacial score (nSPS) is 28.4. The second-order valence-electron chi connectivity index (χ2n) is 4.56. The van der Waals surface area contributed by atoms with E-state index in [2.05, 4.69) is 18.7 Å². The molecule has 1 rings (SSSR count). The second kappa shape index (κ2) is 4.78. The summed E-state index contributed by atoms with van der Waals surface area (Å²) >= 11 is 0. The summed E-state index contributed by atoms with van der Waals surface area (Å²) in [6.07, 6.45) is 4.12. The molecule has 1 N–H and O–H groups in total. The molecule has 0 amide bonds. The Bertz CT molecular complexity index is 203. The van der Waals surface area contributed by atoms with E-state index in [1.165, 1.54) is 6.42 Å². The van der Waals surface area contributed by atoms with E-state index in [-0.39, 0.29) is 12.0 Å². The van der Waals surface area contributed by atoms with Gasteiger partial charge in [-0.3, -0.25) is 4.79 Å². The molecule has 1 aliphatic rings. The highest BCUT2D eigenvalue weighted by Crippen LogP contribution is 2.28. The van der Waals surface area contributed by atoms with E-state index in [1.54, 1.807) is 0 Å². The Morgan fingerprint density at radius 2 is 1.93 bits per heavy atom. The lowest BCUT2D eigenvalue weighted by molar-refractivity contribution is -0.145. The molecule has 82 valence electrons. The molecule has 1 aliphatic carbocycles. The summed E-state index contributed by atoms with van der Waals surface area (Å²) in [5.41, 5.74) is 0. The van der Waals surface area contributed by atoms with Gasteiger partial charge in [-0.2, -0.15) is 0 Å². The Kier molecular flexibility index (Phi) is 3.93. The standard InChI is InChI=1S/C11H21NO2/c1-8(2)12(3)10-7-5-4-6-9(10)11(13)14/h8-10H,4-7H2,1-3H3,(H,13,14). The zero-order chi connectivity index (χ0) is 10.7. The van der Waals surface area contributed by atoms with E-state index in [9.17, 15) is 4.79 Å². The van der Waals surface area contributed by atoms with E-state index < -0.39 is 5.97 Å². The number of rotatable bonds is 3. The fraction of sp³-hybridized carbons (Fsp3) is 0.909. The summed E-state index contributed by atoms with van der Waals surface area (Å²) in [4.78, 5) is 13.3. The summed E-state index contributed by atoms with van der Waals surface area (Å²) < 4.78 is 0. The summed E-state index contributed by atoms with van der Waals surface area (Å²) in [5.74, 6) is -0.779. The predicted octanol–water partition coefficient (Wildman–Crippen LogP) is 1.97. The van der Waals surface area contributed by atoms with Crippen LogP contribution in [0.15, 0.2) is 0 Å². The zero-order valence-corrected chi connectivity index (χ0v) is 9.36. The van der Waals surface area contributed by atoms with Crippen LogP contribution in [-0.4, -0.2) is 35.1 Å². The minimum atomic E-state index is -0.623. The van der Waals surface area contributed by atoms with E-state index in [4.69, 9.17) is 5.11 Å². The molecule has 0 aromatic carbocycles. The van der Waals surface area contributed by atoms with Gasteiger partial charge in [-0.1, -0.05) is 12.8 Å². The molecule has 0 saturated heterocycles. The molecular weight excluding hydrogens is 178 g/mol. The highest BCUT2D eigenvalue weighted by molar-refractivity contribution is 5.71. The van der Waals surface area contributed by atoms with Gasteiger partial charge in [0.2, 0.25) is 0 Å². The van der Waals surface area contributed by atoms with E-state index in [0.29, 0.717) is 6.04 Å². The lowest BCUT2D eigenvalue weighted by atomic mass is 9.83. The van der Waals surface area contributed by atoms with E-state index in [0.717, 1.165) is 19.3 Å². The third kappa shape index (κ3) is 2.47. The molecule has 1 saturated carbocycles. The lowest BCUT2D eigenvalue weighted by Crippen LogP contribution is -2.46. The molecule has 0 bridgehead atoms. The van der Waals surface area contributed by atoms with Crippen LogP contribution in [-0.2, 0) is 4.79 Å². The Hall–Kier alpha value is -0.570. The fourth-order valence-electron chi connectivity index (χ4n) is 2.27. The van der Waals surface area contributed by atoms with Crippen molar-refractivity contribution in [1.29, 1.82) is 0 Å². The molecule has 3 nitrogen and oxygen atoms in total. The van der Waals surface area contributed by atoms with Gasteiger partial charge in [0, 0.05) is 12.1 Å². The van der Waals surface area contributed by atoms with E-state index in [1.807, 2.05) is 7.05 Å². The Morgan fingerprint density at radius 1 is 1.36 bits per heavy atom. The summed E-state index contributed by atoms with van der Waals surface area (Å²) in [5, 5.41) is 9.11. The number of aliphatic carboxylic acids is 1. The molecule has 1 fully saturated rings. The average Bonchev–Trinajstić information content (AvgIpc) is 2.16. The fourth-order valence-corrected chi connectivity index (χ4v) is 2.27. The second-order valence-corrected chi connectivity index (χ2v) is 4.56. The quantitative estimate of drug-likeness (QED) is 0.755. The first-order valence-corrected chi connectivity index (χ1v) is 5.48. The first kappa shape index (κ1) is 11.5. The van der Waals surface area contributed by atoms with Gasteiger partial charge in [-0.15, -0.1) is 0 Å². The molecule has 14 heavy (non-hydrogen) atoms. The molecular formula is C11H21NO2. The number of nitrogens with zero attached hydrogens (tertiary/aromatic N) is 1. The van der Waals surface area contributed by atoms with Crippen molar-refractivity contribution < 1.29 is 9.90 Å². The Balaban J connectivity index is 2.67. The van der Waals surface area contributed by atoms with Crippen molar-refractivity contribution in [2.24, 2.45) is 5.92 Å². The maximum Gasteiger partial charge on any atom is 0.308 e. The van der Waals surface area contributed by atoms with Gasteiger partial charge in [0.1, 0.15) is 0 Å². The number of carboxylic acid groups (broad SMARTS) is 1. The van der Waals surface area contributed by atoms with Crippen LogP contribution in [0.25, 0.3) is 0 Å². The molecule has 0 aromatic heterocycles. The van der Waals surface area contributed by atoms with Crippen molar-refractivity contribution >= 4 is 5.97 Å². The largest absolute Gasteiger partial charge is 0.481 e. The molecule has 2 atom stereocenters. The van der Waals surface area contributed by atoms with Gasteiger partial charge in [0.25, 0.3) is 0 Å². The average molecular weight is 199 g/mol. The highest BCUT2D eigenvalue weighted by atomic mass is 16.4. The Labute approximate surface area is 86.1 Å². The zero-order valence-electron chi connectivity index (χ0n) is 9.36. The minimum absolute atomic E-state index is 0.156. The first-order chi connectivity index (χ1) is 6.54.